The molecule has 1 saturated carbocycles. The van der Waals surface area contributed by atoms with Gasteiger partial charge in [-0.3, -0.25) is 0 Å². The monoisotopic (exact) mass is 538 g/mol. The van der Waals surface area contributed by atoms with Gasteiger partial charge in [-0.1, -0.05) is 93.6 Å². The third-order valence-electron chi connectivity index (χ3n) is 8.25. The van der Waals surface area contributed by atoms with Crippen molar-refractivity contribution in [2.24, 2.45) is 11.8 Å². The maximum Gasteiger partial charge on any atom is 0.191 e. The van der Waals surface area contributed by atoms with Crippen molar-refractivity contribution in [2.75, 3.05) is 20.0 Å². The molecule has 0 N–H and O–H groups in total. The van der Waals surface area contributed by atoms with Crippen LogP contribution in [0, 0.1) is 11.8 Å². The van der Waals surface area contributed by atoms with Crippen molar-refractivity contribution in [3.63, 3.8) is 0 Å². The van der Waals surface area contributed by atoms with Gasteiger partial charge in [0.2, 0.25) is 0 Å². The average molecular weight is 539 g/mol. The Bertz CT molecular complexity index is 923. The molecular formula is C33H50O4Si. The number of allylic oxidation sites excluding steroid dienone is 1. The van der Waals surface area contributed by atoms with Crippen LogP contribution in [-0.4, -0.2) is 34.4 Å². The van der Waals surface area contributed by atoms with E-state index in [1.807, 2.05) is 24.3 Å². The van der Waals surface area contributed by atoms with E-state index in [0.717, 1.165) is 38.7 Å². The third-order valence-corrected chi connectivity index (χ3v) is 12.8. The first-order chi connectivity index (χ1) is 18.2. The van der Waals surface area contributed by atoms with Gasteiger partial charge in [0.05, 0.1) is 25.9 Å². The lowest BCUT2D eigenvalue weighted by atomic mass is 9.76. The Balaban J connectivity index is 1.45. The van der Waals surface area contributed by atoms with Crippen molar-refractivity contribution >= 4 is 8.32 Å². The zero-order valence-electron chi connectivity index (χ0n) is 24.4. The van der Waals surface area contributed by atoms with E-state index < -0.39 is 8.32 Å². The van der Waals surface area contributed by atoms with Gasteiger partial charge in [0, 0.05) is 6.61 Å². The van der Waals surface area contributed by atoms with Gasteiger partial charge in [0.15, 0.2) is 8.32 Å². The molecule has 3 rings (SSSR count). The summed E-state index contributed by atoms with van der Waals surface area (Å²) in [4.78, 5) is 0. The first-order valence-electron chi connectivity index (χ1n) is 14.4. The molecule has 38 heavy (non-hydrogen) atoms. The molecule has 1 fully saturated rings. The maximum atomic E-state index is 6.68. The van der Waals surface area contributed by atoms with Crippen LogP contribution in [-0.2, 0) is 31.9 Å². The largest absolute Gasteiger partial charge is 0.417 e. The normalized spacial score (nSPS) is 20.7. The highest BCUT2D eigenvalue weighted by Gasteiger charge is 2.39. The minimum atomic E-state index is -1.76. The average Bonchev–Trinajstić information content (AvgIpc) is 2.90. The molecule has 5 heteroatoms. The smallest absolute Gasteiger partial charge is 0.191 e. The molecule has 3 atom stereocenters. The summed E-state index contributed by atoms with van der Waals surface area (Å²) in [7, 11) is -1.76. The van der Waals surface area contributed by atoms with E-state index in [1.54, 1.807) is 0 Å². The zero-order valence-corrected chi connectivity index (χ0v) is 25.4. The van der Waals surface area contributed by atoms with Gasteiger partial charge in [-0.05, 0) is 73.2 Å². The Morgan fingerprint density at radius 2 is 1.45 bits per heavy atom. The minimum Gasteiger partial charge on any atom is -0.417 e. The SMILES string of the molecule is CC(C)(C)[Si](C)(C)OC[C@H]1CC[C@H](OCOCc2ccccc2)C[C@@H]1CC/C=C\COCc1ccccc1. The van der Waals surface area contributed by atoms with Crippen molar-refractivity contribution in [2.45, 2.75) is 90.3 Å². The maximum absolute atomic E-state index is 6.68. The molecule has 1 aliphatic rings. The highest BCUT2D eigenvalue weighted by atomic mass is 28.4. The molecule has 0 aromatic heterocycles. The van der Waals surface area contributed by atoms with Gasteiger partial charge < -0.3 is 18.6 Å². The number of hydrogen-bond donors (Lipinski definition) is 0. The second-order valence-electron chi connectivity index (χ2n) is 12.2. The lowest BCUT2D eigenvalue weighted by Crippen LogP contribution is -2.43. The number of ether oxygens (including phenoxy) is 3. The Kier molecular flexibility index (Phi) is 12.7. The Morgan fingerprint density at radius 1 is 0.816 bits per heavy atom. The van der Waals surface area contributed by atoms with Crippen LogP contribution in [0.25, 0.3) is 0 Å². The Hall–Kier alpha value is -1.76. The van der Waals surface area contributed by atoms with E-state index in [9.17, 15) is 0 Å². The lowest BCUT2D eigenvalue weighted by Gasteiger charge is -2.41. The standard InChI is InChI=1S/C33H50O4Si/c1-33(2,3)38(4,5)37-26-31-20-21-32(36-27-35-25-29-17-11-7-12-18-29)23-30(31)19-13-8-14-22-34-24-28-15-9-6-10-16-28/h6-12,14-18,30-32H,13,19-27H2,1-5H3/b14-8-/t30-,31+,32-/m0/s1. The van der Waals surface area contributed by atoms with Gasteiger partial charge in [-0.15, -0.1) is 0 Å². The molecule has 0 unspecified atom stereocenters. The Labute approximate surface area is 232 Å². The molecule has 0 bridgehead atoms. The summed E-state index contributed by atoms with van der Waals surface area (Å²) >= 11 is 0. The van der Waals surface area contributed by atoms with Gasteiger partial charge in [0.25, 0.3) is 0 Å². The number of hydrogen-bond acceptors (Lipinski definition) is 4. The van der Waals surface area contributed by atoms with E-state index in [2.05, 4.69) is 82.4 Å². The summed E-state index contributed by atoms with van der Waals surface area (Å²) in [6.45, 7) is 14.8. The fraction of sp³-hybridized carbons (Fsp3) is 0.576. The summed E-state index contributed by atoms with van der Waals surface area (Å²) in [5, 5.41) is 0.237. The molecule has 2 aromatic rings. The van der Waals surface area contributed by atoms with Crippen LogP contribution in [0.3, 0.4) is 0 Å². The Morgan fingerprint density at radius 3 is 2.08 bits per heavy atom. The first-order valence-corrected chi connectivity index (χ1v) is 17.3. The molecule has 1 aliphatic carbocycles. The fourth-order valence-electron chi connectivity index (χ4n) is 4.73. The second kappa shape index (κ2) is 15.7. The van der Waals surface area contributed by atoms with Crippen LogP contribution in [0.1, 0.15) is 64.0 Å². The van der Waals surface area contributed by atoms with Gasteiger partial charge in [0.1, 0.15) is 6.79 Å². The van der Waals surface area contributed by atoms with Gasteiger partial charge in [-0.25, -0.2) is 0 Å². The molecule has 0 spiro atoms. The summed E-state index contributed by atoms with van der Waals surface area (Å²) < 4.78 is 24.5. The molecule has 210 valence electrons. The van der Waals surface area contributed by atoms with E-state index in [4.69, 9.17) is 18.6 Å². The molecule has 0 radical (unpaired) electrons. The molecule has 0 saturated heterocycles. The van der Waals surface area contributed by atoms with Crippen molar-refractivity contribution in [1.29, 1.82) is 0 Å². The molecule has 0 heterocycles. The van der Waals surface area contributed by atoms with Gasteiger partial charge in [-0.2, -0.15) is 0 Å². The summed E-state index contributed by atoms with van der Waals surface area (Å²) in [6, 6.07) is 20.6. The van der Waals surface area contributed by atoms with Crippen LogP contribution in [0.4, 0.5) is 0 Å². The number of benzene rings is 2. The third kappa shape index (κ3) is 10.8. The highest BCUT2D eigenvalue weighted by Crippen LogP contribution is 2.40. The van der Waals surface area contributed by atoms with Crippen LogP contribution < -0.4 is 0 Å². The minimum absolute atomic E-state index is 0.237. The topological polar surface area (TPSA) is 36.9 Å². The van der Waals surface area contributed by atoms with Crippen molar-refractivity contribution in [1.82, 2.24) is 0 Å². The number of rotatable bonds is 15. The van der Waals surface area contributed by atoms with Crippen LogP contribution >= 0.6 is 0 Å². The van der Waals surface area contributed by atoms with Crippen LogP contribution in [0.5, 0.6) is 0 Å². The van der Waals surface area contributed by atoms with Crippen molar-refractivity contribution < 1.29 is 18.6 Å². The van der Waals surface area contributed by atoms with Crippen LogP contribution in [0.2, 0.25) is 18.1 Å². The van der Waals surface area contributed by atoms with E-state index >= 15 is 0 Å². The quantitative estimate of drug-likeness (QED) is 0.0985. The zero-order chi connectivity index (χ0) is 27.3. The van der Waals surface area contributed by atoms with E-state index in [1.165, 1.54) is 11.1 Å². The van der Waals surface area contributed by atoms with Crippen molar-refractivity contribution in [3.8, 4) is 0 Å². The molecular weight excluding hydrogens is 488 g/mol. The first kappa shape index (κ1) is 30.8. The van der Waals surface area contributed by atoms with E-state index in [-0.39, 0.29) is 11.1 Å². The second-order valence-corrected chi connectivity index (χ2v) is 17.0. The van der Waals surface area contributed by atoms with Crippen LogP contribution in [0.15, 0.2) is 72.8 Å². The molecule has 4 nitrogen and oxygen atoms in total. The lowest BCUT2D eigenvalue weighted by molar-refractivity contribution is -0.116. The molecule has 0 aliphatic heterocycles. The molecule has 2 aromatic carbocycles. The predicted octanol–water partition coefficient (Wildman–Crippen LogP) is 8.54. The van der Waals surface area contributed by atoms with Gasteiger partial charge >= 0.3 is 0 Å². The molecule has 0 amide bonds. The summed E-state index contributed by atoms with van der Waals surface area (Å²) in [5.74, 6) is 1.19. The predicted molar refractivity (Wildman–Crippen MR) is 159 cm³/mol. The summed E-state index contributed by atoms with van der Waals surface area (Å²) in [6.07, 6.45) is 10.3. The highest BCUT2D eigenvalue weighted by molar-refractivity contribution is 6.74. The van der Waals surface area contributed by atoms with Crippen molar-refractivity contribution in [3.05, 3.63) is 83.9 Å². The fourth-order valence-corrected chi connectivity index (χ4v) is 5.80. The van der Waals surface area contributed by atoms with E-state index in [0.29, 0.717) is 38.4 Å². The summed E-state index contributed by atoms with van der Waals surface area (Å²) in [5.41, 5.74) is 2.39.